The zero-order chi connectivity index (χ0) is 24.1. The zero-order valence-corrected chi connectivity index (χ0v) is 21.0. The summed E-state index contributed by atoms with van der Waals surface area (Å²) in [5.74, 6) is -2.24. The Morgan fingerprint density at radius 1 is 0.818 bits per heavy atom. The lowest BCUT2D eigenvalue weighted by Crippen LogP contribution is -2.81. The van der Waals surface area contributed by atoms with Crippen LogP contribution >= 0.6 is 0 Å². The van der Waals surface area contributed by atoms with Crippen LogP contribution in [-0.4, -0.2) is 70.3 Å². The monoisotopic (exact) mass is 488 g/mol. The number of carbonyl (C=O) groups excluding carboxylic acids is 3. The average molecular weight is 489 g/mol. The van der Waals surface area contributed by atoms with Crippen LogP contribution in [0.25, 0.3) is 0 Å². The Bertz CT molecular complexity index is 675. The summed E-state index contributed by atoms with van der Waals surface area (Å²) in [6.07, 6.45) is 5.00. The van der Waals surface area contributed by atoms with Gasteiger partial charge in [-0.15, -0.1) is 0 Å². The molecule has 3 fully saturated rings. The minimum absolute atomic E-state index is 0.285. The largest absolute Gasteiger partial charge is 0.742 e. The third kappa shape index (κ3) is 5.12. The number of methoxy groups -OCH3 is 1. The van der Waals surface area contributed by atoms with Crippen LogP contribution in [0.3, 0.4) is 0 Å². The molecule has 3 heterocycles. The van der Waals surface area contributed by atoms with Gasteiger partial charge in [0.1, 0.15) is 5.60 Å². The second kappa shape index (κ2) is 10.8. The molecule has 0 bridgehead atoms. The summed E-state index contributed by atoms with van der Waals surface area (Å²) in [7, 11) is -3.08. The van der Waals surface area contributed by atoms with Crippen molar-refractivity contribution in [3.63, 3.8) is 0 Å². The number of carbonyl (C=O) groups is 3. The first-order valence-corrected chi connectivity index (χ1v) is 13.5. The van der Waals surface area contributed by atoms with E-state index in [0.29, 0.717) is 38.9 Å². The lowest BCUT2D eigenvalue weighted by molar-refractivity contribution is -0.314. The van der Waals surface area contributed by atoms with Crippen molar-refractivity contribution in [2.75, 3.05) is 20.3 Å². The van der Waals surface area contributed by atoms with Gasteiger partial charge >= 0.3 is 8.80 Å². The fourth-order valence-electron chi connectivity index (χ4n) is 5.46. The van der Waals surface area contributed by atoms with Crippen LogP contribution in [-0.2, 0) is 46.6 Å². The van der Waals surface area contributed by atoms with Gasteiger partial charge in [-0.1, -0.05) is 0 Å². The van der Waals surface area contributed by atoms with Crippen molar-refractivity contribution >= 4 is 26.7 Å². The fraction of sp³-hybridized carbons (Fsp3) is 0.864. The van der Waals surface area contributed by atoms with Crippen LogP contribution in [0.2, 0.25) is 0 Å². The fourth-order valence-corrected chi connectivity index (χ4v) is 8.85. The van der Waals surface area contributed by atoms with Crippen molar-refractivity contribution in [3.8, 4) is 0 Å². The van der Waals surface area contributed by atoms with E-state index >= 15 is 0 Å². The Hall–Kier alpha value is -1.53. The predicted octanol–water partition coefficient (Wildman–Crippen LogP) is 2.57. The molecule has 0 saturated carbocycles. The first-order valence-electron chi connectivity index (χ1n) is 11.8. The molecule has 0 N–H and O–H groups in total. The normalized spacial score (nSPS) is 33.1. The maximum Gasteiger partial charge on any atom is 0.742 e. The topological polar surface area (TPSA) is 116 Å². The molecule has 0 aromatic carbocycles. The van der Waals surface area contributed by atoms with Crippen LogP contribution in [0.4, 0.5) is 0 Å². The molecule has 0 spiro atoms. The molecular formula is C22H36O10Si. The van der Waals surface area contributed by atoms with Gasteiger partial charge in [-0.3, -0.25) is 14.4 Å². The lowest BCUT2D eigenvalue weighted by Gasteiger charge is -2.58. The van der Waals surface area contributed by atoms with Gasteiger partial charge in [0.2, 0.25) is 5.22 Å². The van der Waals surface area contributed by atoms with E-state index in [4.69, 9.17) is 32.2 Å². The number of hydrogen-bond acceptors (Lipinski definition) is 10. The van der Waals surface area contributed by atoms with Crippen molar-refractivity contribution in [1.29, 1.82) is 0 Å². The van der Waals surface area contributed by atoms with Crippen molar-refractivity contribution in [2.24, 2.45) is 0 Å². The minimum atomic E-state index is -4.59. The lowest BCUT2D eigenvalue weighted by atomic mass is 9.77. The second-order valence-electron chi connectivity index (χ2n) is 8.89. The van der Waals surface area contributed by atoms with E-state index in [1.807, 2.05) is 0 Å². The van der Waals surface area contributed by atoms with E-state index in [9.17, 15) is 14.4 Å². The molecule has 0 aromatic rings. The molecular weight excluding hydrogens is 452 g/mol. The number of hydrogen-bond donors (Lipinski definition) is 0. The quantitative estimate of drug-likeness (QED) is 0.495. The highest BCUT2D eigenvalue weighted by Gasteiger charge is 2.82. The molecule has 4 atom stereocenters. The van der Waals surface area contributed by atoms with Crippen molar-refractivity contribution in [3.05, 3.63) is 0 Å². The van der Waals surface area contributed by atoms with Gasteiger partial charge in [0.15, 0.2) is 6.29 Å². The van der Waals surface area contributed by atoms with Gasteiger partial charge in [-0.05, 0) is 57.8 Å². The third-order valence-corrected chi connectivity index (χ3v) is 10.0. The van der Waals surface area contributed by atoms with Crippen molar-refractivity contribution in [2.45, 2.75) is 102 Å². The molecule has 188 valence electrons. The molecule has 0 aliphatic carbocycles. The molecule has 33 heavy (non-hydrogen) atoms. The molecule has 10 nitrogen and oxygen atoms in total. The van der Waals surface area contributed by atoms with E-state index in [1.165, 1.54) is 27.9 Å². The zero-order valence-electron chi connectivity index (χ0n) is 20.0. The van der Waals surface area contributed by atoms with Gasteiger partial charge in [0, 0.05) is 41.1 Å². The highest BCUT2D eigenvalue weighted by Crippen LogP contribution is 2.54. The van der Waals surface area contributed by atoms with Crippen LogP contribution in [0, 0.1) is 0 Å². The van der Waals surface area contributed by atoms with Gasteiger partial charge < -0.3 is 32.2 Å². The molecule has 3 saturated heterocycles. The van der Waals surface area contributed by atoms with Crippen LogP contribution < -0.4 is 0 Å². The molecule has 0 radical (unpaired) electrons. The van der Waals surface area contributed by atoms with Crippen molar-refractivity contribution < 1.29 is 46.6 Å². The standard InChI is InChI=1S/C22H36O10Si/c1-16(23)30-33(31-17(2)24,32-18(3)25)22(13-9-11-20(26-4)29-22)21(12-6-8-15-28-21)19-10-5-7-14-27-19/h19-20H,5-15H2,1-4H3. The van der Waals surface area contributed by atoms with E-state index in [1.54, 1.807) is 0 Å². The molecule has 3 rings (SSSR count). The average Bonchev–Trinajstić information content (AvgIpc) is 2.78. The smallest absolute Gasteiger partial charge is 0.454 e. The summed E-state index contributed by atoms with van der Waals surface area (Å²) in [4.78, 5) is 37.2. The summed E-state index contributed by atoms with van der Waals surface area (Å²) in [5.41, 5.74) is -1.16. The summed E-state index contributed by atoms with van der Waals surface area (Å²) in [5, 5.41) is -1.58. The Balaban J connectivity index is 2.28. The Kier molecular flexibility index (Phi) is 8.54. The molecule has 0 amide bonds. The molecule has 4 unspecified atom stereocenters. The van der Waals surface area contributed by atoms with Gasteiger partial charge in [0.05, 0.1) is 6.10 Å². The summed E-state index contributed by atoms with van der Waals surface area (Å²) < 4.78 is 42.2. The van der Waals surface area contributed by atoms with Crippen LogP contribution in [0.5, 0.6) is 0 Å². The van der Waals surface area contributed by atoms with E-state index in [2.05, 4.69) is 0 Å². The Labute approximate surface area is 195 Å². The first kappa shape index (κ1) is 26.1. The van der Waals surface area contributed by atoms with Crippen LogP contribution in [0.15, 0.2) is 0 Å². The Morgan fingerprint density at radius 2 is 1.45 bits per heavy atom. The summed E-state index contributed by atoms with van der Waals surface area (Å²) in [6, 6.07) is 0. The number of rotatable bonds is 7. The van der Waals surface area contributed by atoms with Crippen molar-refractivity contribution in [1.82, 2.24) is 0 Å². The first-order chi connectivity index (χ1) is 15.7. The maximum absolute atomic E-state index is 12.4. The third-order valence-electron chi connectivity index (χ3n) is 6.58. The van der Waals surface area contributed by atoms with Gasteiger partial charge in [-0.2, -0.15) is 0 Å². The molecule has 3 aliphatic heterocycles. The minimum Gasteiger partial charge on any atom is -0.454 e. The summed E-state index contributed by atoms with van der Waals surface area (Å²) in [6.45, 7) is 4.52. The highest BCUT2D eigenvalue weighted by atomic mass is 28.4. The predicted molar refractivity (Wildman–Crippen MR) is 116 cm³/mol. The van der Waals surface area contributed by atoms with E-state index in [0.717, 1.165) is 25.7 Å². The van der Waals surface area contributed by atoms with E-state index in [-0.39, 0.29) is 6.42 Å². The molecule has 0 aromatic heterocycles. The van der Waals surface area contributed by atoms with E-state index < -0.39 is 49.9 Å². The molecule has 11 heteroatoms. The molecule has 3 aliphatic rings. The SMILES string of the molecule is COC1CCCC(C2(C3CCCCO3)CCCCO2)([Si](OC(C)=O)(OC(C)=O)OC(C)=O)O1. The summed E-state index contributed by atoms with van der Waals surface area (Å²) >= 11 is 0. The maximum atomic E-state index is 12.4. The second-order valence-corrected chi connectivity index (χ2v) is 11.4. The van der Waals surface area contributed by atoms with Gasteiger partial charge in [-0.25, -0.2) is 0 Å². The Morgan fingerprint density at radius 3 is 1.94 bits per heavy atom. The van der Waals surface area contributed by atoms with Gasteiger partial charge in [0.25, 0.3) is 17.9 Å². The number of ether oxygens (including phenoxy) is 4. The van der Waals surface area contributed by atoms with Crippen LogP contribution in [0.1, 0.15) is 78.6 Å². The highest BCUT2D eigenvalue weighted by molar-refractivity contribution is 6.69.